The van der Waals surface area contributed by atoms with Crippen molar-refractivity contribution in [2.24, 2.45) is 5.73 Å². The summed E-state index contributed by atoms with van der Waals surface area (Å²) in [6.45, 7) is 1.55. The predicted molar refractivity (Wildman–Crippen MR) is 67.4 cm³/mol. The summed E-state index contributed by atoms with van der Waals surface area (Å²) in [4.78, 5) is 10.8. The van der Waals surface area contributed by atoms with Gasteiger partial charge in [-0.3, -0.25) is 4.79 Å². The van der Waals surface area contributed by atoms with Gasteiger partial charge in [0.05, 0.1) is 0 Å². The number of carboxylic acid groups (broad SMARTS) is 1. The Bertz CT molecular complexity index is 338. The number of thioether (sulfide) groups is 1. The number of carbonyl (C=O) groups is 1. The molecule has 88 valence electrons. The van der Waals surface area contributed by atoms with Crippen molar-refractivity contribution in [2.75, 3.05) is 5.75 Å². The van der Waals surface area contributed by atoms with Gasteiger partial charge in [0.25, 0.3) is 0 Å². The lowest BCUT2D eigenvalue weighted by Gasteiger charge is -2.18. The summed E-state index contributed by atoms with van der Waals surface area (Å²) >= 11 is 1.71. The van der Waals surface area contributed by atoms with Crippen LogP contribution in [0.5, 0.6) is 0 Å². The quantitative estimate of drug-likeness (QED) is 0.746. The molecule has 1 aromatic rings. The molecular weight excluding hydrogens is 222 g/mol. The van der Waals surface area contributed by atoms with Gasteiger partial charge in [-0.2, -0.15) is 11.8 Å². The van der Waals surface area contributed by atoms with E-state index >= 15 is 0 Å². The second-order valence-corrected chi connectivity index (χ2v) is 5.12. The molecule has 0 radical (unpaired) electrons. The van der Waals surface area contributed by atoms with E-state index in [1.807, 2.05) is 18.2 Å². The SMILES string of the molecule is CC(N)(CCSCc1ccccc1)C(=O)O. The highest BCUT2D eigenvalue weighted by atomic mass is 32.2. The molecule has 1 rings (SSSR count). The van der Waals surface area contributed by atoms with E-state index in [0.29, 0.717) is 6.42 Å². The fraction of sp³-hybridized carbons (Fsp3) is 0.417. The van der Waals surface area contributed by atoms with Gasteiger partial charge >= 0.3 is 5.97 Å². The zero-order valence-corrected chi connectivity index (χ0v) is 10.2. The molecule has 0 aliphatic rings. The molecule has 0 amide bonds. The van der Waals surface area contributed by atoms with Crippen molar-refractivity contribution in [3.63, 3.8) is 0 Å². The monoisotopic (exact) mass is 239 g/mol. The lowest BCUT2D eigenvalue weighted by atomic mass is 10.0. The van der Waals surface area contributed by atoms with Crippen LogP contribution < -0.4 is 5.73 Å². The summed E-state index contributed by atoms with van der Waals surface area (Å²) in [6.07, 6.45) is 0.486. The third kappa shape index (κ3) is 4.24. The first-order chi connectivity index (χ1) is 7.52. The Kier molecular flexibility index (Phi) is 4.83. The summed E-state index contributed by atoms with van der Waals surface area (Å²) in [7, 11) is 0. The Balaban J connectivity index is 2.25. The van der Waals surface area contributed by atoms with Crippen LogP contribution in [-0.2, 0) is 10.5 Å². The molecule has 0 aromatic heterocycles. The average Bonchev–Trinajstić information content (AvgIpc) is 2.26. The van der Waals surface area contributed by atoms with Gasteiger partial charge in [0.2, 0.25) is 0 Å². The van der Waals surface area contributed by atoms with Crippen LogP contribution in [0.4, 0.5) is 0 Å². The molecule has 0 bridgehead atoms. The first-order valence-corrected chi connectivity index (χ1v) is 6.32. The molecule has 0 spiro atoms. The fourth-order valence-electron chi connectivity index (χ4n) is 1.16. The van der Waals surface area contributed by atoms with E-state index in [9.17, 15) is 4.79 Å². The van der Waals surface area contributed by atoms with Crippen LogP contribution in [-0.4, -0.2) is 22.4 Å². The van der Waals surface area contributed by atoms with Crippen LogP contribution in [0, 0.1) is 0 Å². The number of benzene rings is 1. The zero-order chi connectivity index (χ0) is 12.0. The van der Waals surface area contributed by atoms with Crippen molar-refractivity contribution >= 4 is 17.7 Å². The standard InChI is InChI=1S/C12H17NO2S/c1-12(13,11(14)15)7-8-16-9-10-5-3-2-4-6-10/h2-6H,7-9,13H2,1H3,(H,14,15). The minimum atomic E-state index is -1.11. The highest BCUT2D eigenvalue weighted by Gasteiger charge is 2.26. The molecular formula is C12H17NO2S. The van der Waals surface area contributed by atoms with Crippen LogP contribution in [0.25, 0.3) is 0 Å². The van der Waals surface area contributed by atoms with Crippen LogP contribution >= 0.6 is 11.8 Å². The smallest absolute Gasteiger partial charge is 0.323 e. The summed E-state index contributed by atoms with van der Waals surface area (Å²) in [5, 5.41) is 8.82. The lowest BCUT2D eigenvalue weighted by molar-refractivity contribution is -0.142. The Morgan fingerprint density at radius 3 is 2.62 bits per heavy atom. The van der Waals surface area contributed by atoms with Gasteiger partial charge in [0.1, 0.15) is 5.54 Å². The maximum atomic E-state index is 10.8. The third-order valence-corrected chi connectivity index (χ3v) is 3.40. The Morgan fingerprint density at radius 1 is 1.44 bits per heavy atom. The minimum absolute atomic E-state index is 0.486. The van der Waals surface area contributed by atoms with Crippen molar-refractivity contribution in [3.8, 4) is 0 Å². The number of rotatable bonds is 6. The van der Waals surface area contributed by atoms with Gasteiger partial charge in [-0.25, -0.2) is 0 Å². The van der Waals surface area contributed by atoms with Gasteiger partial charge in [-0.05, 0) is 24.7 Å². The molecule has 0 saturated carbocycles. The zero-order valence-electron chi connectivity index (χ0n) is 9.35. The molecule has 0 aliphatic heterocycles. The maximum absolute atomic E-state index is 10.8. The summed E-state index contributed by atoms with van der Waals surface area (Å²) in [5.74, 6) is 0.720. The summed E-state index contributed by atoms with van der Waals surface area (Å²) in [6, 6.07) is 10.1. The molecule has 16 heavy (non-hydrogen) atoms. The third-order valence-electron chi connectivity index (χ3n) is 2.37. The highest BCUT2D eigenvalue weighted by Crippen LogP contribution is 2.16. The van der Waals surface area contributed by atoms with E-state index in [4.69, 9.17) is 10.8 Å². The van der Waals surface area contributed by atoms with E-state index in [0.717, 1.165) is 11.5 Å². The average molecular weight is 239 g/mol. The van der Waals surface area contributed by atoms with E-state index in [1.165, 1.54) is 5.56 Å². The minimum Gasteiger partial charge on any atom is -0.480 e. The fourth-order valence-corrected chi connectivity index (χ4v) is 2.30. The molecule has 3 nitrogen and oxygen atoms in total. The second-order valence-electron chi connectivity index (χ2n) is 4.01. The van der Waals surface area contributed by atoms with Crippen molar-refractivity contribution in [3.05, 3.63) is 35.9 Å². The van der Waals surface area contributed by atoms with Crippen LogP contribution in [0.2, 0.25) is 0 Å². The summed E-state index contributed by atoms with van der Waals surface area (Å²) in [5.41, 5.74) is 5.77. The number of carboxylic acids is 1. The van der Waals surface area contributed by atoms with Crippen LogP contribution in [0.3, 0.4) is 0 Å². The molecule has 4 heteroatoms. The Morgan fingerprint density at radius 2 is 2.06 bits per heavy atom. The molecule has 0 fully saturated rings. The molecule has 1 aromatic carbocycles. The Hall–Kier alpha value is -1.00. The first kappa shape index (κ1) is 13.1. The normalized spacial score (nSPS) is 14.4. The predicted octanol–water partition coefficient (Wildman–Crippen LogP) is 2.11. The first-order valence-electron chi connectivity index (χ1n) is 5.16. The maximum Gasteiger partial charge on any atom is 0.323 e. The topological polar surface area (TPSA) is 63.3 Å². The van der Waals surface area contributed by atoms with E-state index in [2.05, 4.69) is 12.1 Å². The van der Waals surface area contributed by atoms with Crippen molar-refractivity contribution < 1.29 is 9.90 Å². The summed E-state index contributed by atoms with van der Waals surface area (Å²) < 4.78 is 0. The Labute approximate surface area is 100 Å². The van der Waals surface area contributed by atoms with Crippen LogP contribution in [0.1, 0.15) is 18.9 Å². The second kappa shape index (κ2) is 5.92. The van der Waals surface area contributed by atoms with E-state index < -0.39 is 11.5 Å². The number of hydrogen-bond donors (Lipinski definition) is 2. The molecule has 1 unspecified atom stereocenters. The largest absolute Gasteiger partial charge is 0.480 e. The molecule has 0 heterocycles. The molecule has 0 saturated heterocycles. The number of nitrogens with two attached hydrogens (primary N) is 1. The lowest BCUT2D eigenvalue weighted by Crippen LogP contribution is -2.45. The molecule has 3 N–H and O–H groups in total. The van der Waals surface area contributed by atoms with Crippen molar-refractivity contribution in [1.29, 1.82) is 0 Å². The van der Waals surface area contributed by atoms with Gasteiger partial charge < -0.3 is 10.8 Å². The van der Waals surface area contributed by atoms with E-state index in [1.54, 1.807) is 18.7 Å². The van der Waals surface area contributed by atoms with Gasteiger partial charge in [-0.15, -0.1) is 0 Å². The highest BCUT2D eigenvalue weighted by molar-refractivity contribution is 7.98. The van der Waals surface area contributed by atoms with Crippen molar-refractivity contribution in [1.82, 2.24) is 0 Å². The van der Waals surface area contributed by atoms with E-state index in [-0.39, 0.29) is 0 Å². The van der Waals surface area contributed by atoms with Gasteiger partial charge in [-0.1, -0.05) is 30.3 Å². The van der Waals surface area contributed by atoms with Crippen LogP contribution in [0.15, 0.2) is 30.3 Å². The van der Waals surface area contributed by atoms with Crippen molar-refractivity contribution in [2.45, 2.75) is 24.6 Å². The number of aliphatic carboxylic acids is 1. The molecule has 1 atom stereocenters. The molecule has 0 aliphatic carbocycles. The van der Waals surface area contributed by atoms with Gasteiger partial charge in [0.15, 0.2) is 0 Å². The number of hydrogen-bond acceptors (Lipinski definition) is 3. The van der Waals surface area contributed by atoms with Gasteiger partial charge in [0, 0.05) is 5.75 Å².